The molecule has 3 aromatic rings. The molecule has 0 saturated carbocycles. The largest absolute Gasteiger partial charge is 0.480 e. The van der Waals surface area contributed by atoms with E-state index in [1.807, 2.05) is 6.20 Å². The van der Waals surface area contributed by atoms with E-state index in [-0.39, 0.29) is 29.6 Å². The summed E-state index contributed by atoms with van der Waals surface area (Å²) in [6.07, 6.45) is 5.25. The lowest BCUT2D eigenvalue weighted by Gasteiger charge is -2.34. The molecule has 0 unspecified atom stereocenters. The molecule has 3 aliphatic rings. The summed E-state index contributed by atoms with van der Waals surface area (Å²) in [4.78, 5) is 37.1. The van der Waals surface area contributed by atoms with E-state index < -0.39 is 0 Å². The average Bonchev–Trinajstić information content (AvgIpc) is 3.43. The van der Waals surface area contributed by atoms with Crippen molar-refractivity contribution in [1.82, 2.24) is 29.3 Å². The Bertz CT molecular complexity index is 1300. The van der Waals surface area contributed by atoms with E-state index in [9.17, 15) is 9.59 Å². The van der Waals surface area contributed by atoms with Crippen LogP contribution in [0.2, 0.25) is 0 Å². The maximum Gasteiger partial charge on any atom is 0.270 e. The second-order valence-electron chi connectivity index (χ2n) is 8.60. The number of aromatic nitrogens is 4. The van der Waals surface area contributed by atoms with Crippen LogP contribution in [0.4, 0.5) is 0 Å². The Balaban J connectivity index is 0.00000228. The molecule has 1 saturated heterocycles. The van der Waals surface area contributed by atoms with Crippen molar-refractivity contribution in [2.24, 2.45) is 0 Å². The van der Waals surface area contributed by atoms with Gasteiger partial charge in [-0.15, -0.1) is 12.4 Å². The first-order chi connectivity index (χ1) is 15.7. The molecule has 6 rings (SSSR count). The van der Waals surface area contributed by atoms with Crippen LogP contribution in [-0.2, 0) is 13.1 Å². The molecular weight excluding hydrogens is 464 g/mol. The van der Waals surface area contributed by atoms with Crippen molar-refractivity contribution in [1.29, 1.82) is 0 Å². The first kappa shape index (κ1) is 22.4. The molecule has 3 aromatic heterocycles. The number of ether oxygens (including phenoxy) is 1. The summed E-state index contributed by atoms with van der Waals surface area (Å²) in [6, 6.07) is 5.77. The lowest BCUT2D eigenvalue weighted by molar-refractivity contribution is 0.171. The van der Waals surface area contributed by atoms with E-state index in [0.29, 0.717) is 29.7 Å². The molecule has 174 valence electrons. The van der Waals surface area contributed by atoms with Crippen molar-refractivity contribution in [3.8, 4) is 5.75 Å². The summed E-state index contributed by atoms with van der Waals surface area (Å²) >= 11 is 1.71. The number of pyridine rings is 2. The van der Waals surface area contributed by atoms with Crippen LogP contribution in [0.25, 0.3) is 11.2 Å². The Kier molecular flexibility index (Phi) is 6.17. The number of thioether (sulfide) groups is 1. The van der Waals surface area contributed by atoms with E-state index >= 15 is 0 Å². The monoisotopic (exact) mass is 488 g/mol. The van der Waals surface area contributed by atoms with E-state index in [1.54, 1.807) is 33.0 Å². The van der Waals surface area contributed by atoms with Gasteiger partial charge in [0, 0.05) is 31.7 Å². The van der Waals surface area contributed by atoms with Gasteiger partial charge in [-0.1, -0.05) is 11.8 Å². The van der Waals surface area contributed by atoms with Crippen LogP contribution in [0.3, 0.4) is 0 Å². The van der Waals surface area contributed by atoms with Crippen LogP contribution in [0.1, 0.15) is 24.6 Å². The molecule has 33 heavy (non-hydrogen) atoms. The molecule has 0 amide bonds. The van der Waals surface area contributed by atoms with Gasteiger partial charge >= 0.3 is 0 Å². The molecule has 0 radical (unpaired) electrons. The van der Waals surface area contributed by atoms with Crippen molar-refractivity contribution in [2.75, 3.05) is 25.6 Å². The standard InChI is InChI=1S/C22H24N6O3S.ClH/c29-20-2-1-17-22-27(21(30)10-25-17)12-16(28(20)22)11-26-5-3-14(4-6-26)23-8-15-7-19-18(9-24-15)31-13-32-19;/h1-2,7,9-10,14,16,23H,3-6,8,11-13H2;1H/t16-;/m1./s1. The topological polar surface area (TPSA) is 94.3 Å². The van der Waals surface area contributed by atoms with Crippen LogP contribution >= 0.6 is 24.2 Å². The number of nitrogens with zero attached hydrogens (tertiary/aromatic N) is 5. The number of fused-ring (bicyclic) bond motifs is 1. The summed E-state index contributed by atoms with van der Waals surface area (Å²) in [7, 11) is 0. The highest BCUT2D eigenvalue weighted by Gasteiger charge is 2.29. The van der Waals surface area contributed by atoms with Crippen LogP contribution in [0.5, 0.6) is 5.75 Å². The van der Waals surface area contributed by atoms with Gasteiger partial charge in [0.15, 0.2) is 5.75 Å². The molecule has 1 fully saturated rings. The number of rotatable bonds is 5. The highest BCUT2D eigenvalue weighted by Crippen LogP contribution is 2.35. The normalized spacial score (nSPS) is 19.9. The Hall–Kier alpha value is -2.40. The fraction of sp³-hybridized carbons (Fsp3) is 0.455. The number of nitrogens with one attached hydrogen (secondary N) is 1. The number of hydrogen-bond donors (Lipinski definition) is 1. The molecule has 0 aliphatic carbocycles. The molecule has 3 aliphatic heterocycles. The third-order valence-electron chi connectivity index (χ3n) is 6.62. The second kappa shape index (κ2) is 9.09. The highest BCUT2D eigenvalue weighted by atomic mass is 35.5. The van der Waals surface area contributed by atoms with E-state index in [0.717, 1.165) is 50.5 Å². The third-order valence-corrected chi connectivity index (χ3v) is 7.48. The lowest BCUT2D eigenvalue weighted by Crippen LogP contribution is -2.44. The summed E-state index contributed by atoms with van der Waals surface area (Å²) in [5.41, 5.74) is 2.17. The molecular formula is C22H25ClN6O3S. The molecule has 0 bridgehead atoms. The fourth-order valence-corrected chi connectivity index (χ4v) is 5.75. The average molecular weight is 489 g/mol. The zero-order chi connectivity index (χ0) is 21.7. The lowest BCUT2D eigenvalue weighted by atomic mass is 10.0. The first-order valence-corrected chi connectivity index (χ1v) is 12.0. The number of likely N-dealkylation sites (tertiary alicyclic amines) is 1. The molecule has 1 atom stereocenters. The molecule has 1 N–H and O–H groups in total. The molecule has 11 heteroatoms. The van der Waals surface area contributed by atoms with Gasteiger partial charge in [0.1, 0.15) is 17.1 Å². The number of halogens is 1. The predicted molar refractivity (Wildman–Crippen MR) is 128 cm³/mol. The minimum atomic E-state index is -0.146. The van der Waals surface area contributed by atoms with E-state index in [4.69, 9.17) is 4.74 Å². The third kappa shape index (κ3) is 4.16. The van der Waals surface area contributed by atoms with Crippen molar-refractivity contribution in [3.63, 3.8) is 0 Å². The highest BCUT2D eigenvalue weighted by molar-refractivity contribution is 7.99. The zero-order valence-corrected chi connectivity index (χ0v) is 19.6. The maximum atomic E-state index is 12.6. The smallest absolute Gasteiger partial charge is 0.270 e. The van der Waals surface area contributed by atoms with Gasteiger partial charge in [0.25, 0.3) is 11.1 Å². The maximum absolute atomic E-state index is 12.6. The van der Waals surface area contributed by atoms with Gasteiger partial charge in [0.2, 0.25) is 0 Å². The van der Waals surface area contributed by atoms with Crippen LogP contribution in [0.15, 0.2) is 45.1 Å². The van der Waals surface area contributed by atoms with E-state index in [1.165, 1.54) is 11.1 Å². The SMILES string of the molecule is Cl.O=c1cnc2ccc(=O)n3c2n1C[C@H]3CN1CCC(NCc2cc3c(cn2)OCS3)CC1. The molecule has 6 heterocycles. The van der Waals surface area contributed by atoms with Crippen LogP contribution in [0, 0.1) is 0 Å². The fourth-order valence-electron chi connectivity index (χ4n) is 4.97. The van der Waals surface area contributed by atoms with Crippen LogP contribution in [-0.4, -0.2) is 55.6 Å². The van der Waals surface area contributed by atoms with Gasteiger partial charge in [-0.2, -0.15) is 0 Å². The summed E-state index contributed by atoms with van der Waals surface area (Å²) in [5, 5.41) is 3.64. The number of hydrogen-bond acceptors (Lipinski definition) is 8. The Morgan fingerprint density at radius 2 is 1.97 bits per heavy atom. The molecule has 0 aromatic carbocycles. The minimum Gasteiger partial charge on any atom is -0.480 e. The van der Waals surface area contributed by atoms with Gasteiger partial charge in [-0.25, -0.2) is 4.98 Å². The summed E-state index contributed by atoms with van der Waals surface area (Å²) < 4.78 is 8.95. The quantitative estimate of drug-likeness (QED) is 0.579. The van der Waals surface area contributed by atoms with Crippen molar-refractivity contribution < 1.29 is 4.74 Å². The minimum absolute atomic E-state index is 0. The van der Waals surface area contributed by atoms with Gasteiger partial charge < -0.3 is 15.0 Å². The first-order valence-electron chi connectivity index (χ1n) is 11.0. The van der Waals surface area contributed by atoms with Crippen molar-refractivity contribution >= 4 is 35.3 Å². The van der Waals surface area contributed by atoms with Gasteiger partial charge in [-0.3, -0.25) is 23.7 Å². The zero-order valence-electron chi connectivity index (χ0n) is 18.0. The predicted octanol–water partition coefficient (Wildman–Crippen LogP) is 1.63. The summed E-state index contributed by atoms with van der Waals surface area (Å²) in [5.74, 6) is 1.55. The Morgan fingerprint density at radius 3 is 2.82 bits per heavy atom. The van der Waals surface area contributed by atoms with Crippen molar-refractivity contribution in [2.45, 2.75) is 42.9 Å². The summed E-state index contributed by atoms with van der Waals surface area (Å²) in [6.45, 7) is 3.97. The van der Waals surface area contributed by atoms with Crippen LogP contribution < -0.4 is 21.2 Å². The van der Waals surface area contributed by atoms with Gasteiger partial charge in [-0.05, 0) is 38.1 Å². The Morgan fingerprint density at radius 1 is 1.12 bits per heavy atom. The van der Waals surface area contributed by atoms with Gasteiger partial charge in [0.05, 0.1) is 29.0 Å². The number of piperidine rings is 1. The van der Waals surface area contributed by atoms with Crippen molar-refractivity contribution in [3.05, 3.63) is 57.0 Å². The molecule has 0 spiro atoms. The van der Waals surface area contributed by atoms with E-state index in [2.05, 4.69) is 26.3 Å². The second-order valence-corrected chi connectivity index (χ2v) is 9.56. The molecule has 9 nitrogen and oxygen atoms in total. The Labute approximate surface area is 200 Å².